The van der Waals surface area contributed by atoms with Gasteiger partial charge in [0.15, 0.2) is 0 Å². The van der Waals surface area contributed by atoms with Gasteiger partial charge in [-0.15, -0.1) is 0 Å². The fraction of sp³-hybridized carbons (Fsp3) is 0.500. The van der Waals surface area contributed by atoms with Crippen LogP contribution in [0.3, 0.4) is 0 Å². The molecule has 1 aromatic rings. The second-order valence-corrected chi connectivity index (χ2v) is 4.94. The maximum atomic E-state index is 6.03. The van der Waals surface area contributed by atoms with Crippen LogP contribution in [0.5, 0.6) is 0 Å². The zero-order chi connectivity index (χ0) is 13.2. The maximum absolute atomic E-state index is 6.03. The van der Waals surface area contributed by atoms with Gasteiger partial charge in [0.05, 0.1) is 0 Å². The number of rotatable bonds is 8. The van der Waals surface area contributed by atoms with E-state index in [-0.39, 0.29) is 0 Å². The molecule has 1 rings (SSSR count). The summed E-state index contributed by atoms with van der Waals surface area (Å²) >= 11 is 0. The Labute approximate surface area is 111 Å². The van der Waals surface area contributed by atoms with Crippen LogP contribution in [-0.4, -0.2) is 6.54 Å². The van der Waals surface area contributed by atoms with Gasteiger partial charge >= 0.3 is 0 Å². The smallest absolute Gasteiger partial charge is 0.00864 e. The number of allylic oxidation sites excluding steroid dienone is 1. The Morgan fingerprint density at radius 3 is 2.28 bits per heavy atom. The van der Waals surface area contributed by atoms with Crippen LogP contribution in [0.2, 0.25) is 0 Å². The molecule has 0 spiro atoms. The van der Waals surface area contributed by atoms with Crippen molar-refractivity contribution in [1.82, 2.24) is 0 Å². The molecule has 0 radical (unpaired) electrons. The highest BCUT2D eigenvalue weighted by molar-refractivity contribution is 5.52. The van der Waals surface area contributed by atoms with Crippen LogP contribution in [0.15, 0.2) is 30.0 Å². The molecule has 2 heteroatoms. The van der Waals surface area contributed by atoms with Crippen LogP contribution in [-0.2, 0) is 0 Å². The van der Waals surface area contributed by atoms with E-state index < -0.39 is 0 Å². The van der Waals surface area contributed by atoms with Gasteiger partial charge in [-0.05, 0) is 44.4 Å². The second kappa shape index (κ2) is 8.76. The topological polar surface area (TPSA) is 52.0 Å². The average molecular weight is 246 g/mol. The molecule has 0 unspecified atom stereocenters. The molecule has 0 bridgehead atoms. The third-order valence-corrected chi connectivity index (χ3v) is 3.10. The van der Waals surface area contributed by atoms with E-state index in [0.717, 1.165) is 25.1 Å². The summed E-state index contributed by atoms with van der Waals surface area (Å²) < 4.78 is 0. The maximum Gasteiger partial charge on any atom is 0.00864 e. The Kier molecular flexibility index (Phi) is 7.19. The van der Waals surface area contributed by atoms with Gasteiger partial charge in [-0.1, -0.05) is 49.1 Å². The number of hydrogen-bond acceptors (Lipinski definition) is 2. The third kappa shape index (κ3) is 6.45. The number of unbranched alkanes of at least 4 members (excludes halogenated alkanes) is 4. The minimum atomic E-state index is 0.815. The second-order valence-electron chi connectivity index (χ2n) is 4.94. The third-order valence-electron chi connectivity index (χ3n) is 3.10. The lowest BCUT2D eigenvalue weighted by atomic mass is 10.1. The Hall–Kier alpha value is -1.28. The van der Waals surface area contributed by atoms with Crippen LogP contribution in [0.25, 0.3) is 6.08 Å². The van der Waals surface area contributed by atoms with Crippen molar-refractivity contribution in [2.24, 2.45) is 11.5 Å². The first kappa shape index (κ1) is 14.8. The first-order chi connectivity index (χ1) is 8.72. The van der Waals surface area contributed by atoms with Gasteiger partial charge in [0.1, 0.15) is 0 Å². The van der Waals surface area contributed by atoms with Gasteiger partial charge in [0.2, 0.25) is 0 Å². The molecular formula is C16H26N2. The van der Waals surface area contributed by atoms with E-state index in [9.17, 15) is 0 Å². The summed E-state index contributed by atoms with van der Waals surface area (Å²) in [5.41, 5.74) is 14.9. The summed E-state index contributed by atoms with van der Waals surface area (Å²) in [6.07, 6.45) is 9.18. The summed E-state index contributed by atoms with van der Waals surface area (Å²) in [6, 6.07) is 8.46. The highest BCUT2D eigenvalue weighted by Gasteiger charge is 1.94. The molecule has 0 aliphatic rings. The van der Waals surface area contributed by atoms with E-state index in [1.54, 1.807) is 0 Å². The molecule has 0 aliphatic heterocycles. The highest BCUT2D eigenvalue weighted by atomic mass is 14.6. The number of benzene rings is 1. The fourth-order valence-electron chi connectivity index (χ4n) is 1.95. The molecule has 1 aromatic carbocycles. The Balaban J connectivity index is 2.23. The van der Waals surface area contributed by atoms with Crippen molar-refractivity contribution in [1.29, 1.82) is 0 Å². The highest BCUT2D eigenvalue weighted by Crippen LogP contribution is 2.12. The molecule has 0 fully saturated rings. The van der Waals surface area contributed by atoms with E-state index in [4.69, 9.17) is 11.5 Å². The van der Waals surface area contributed by atoms with Crippen LogP contribution < -0.4 is 11.5 Å². The summed E-state index contributed by atoms with van der Waals surface area (Å²) in [5.74, 6) is 0. The molecule has 0 heterocycles. The standard InChI is InChI=1S/C16H26N2/c1-14-8-10-15(11-9-14)13-16(18)7-5-3-2-4-6-12-17/h8-11,13H,2-7,12,17-18H2,1H3. The summed E-state index contributed by atoms with van der Waals surface area (Å²) in [7, 11) is 0. The number of aryl methyl sites for hydroxylation is 1. The van der Waals surface area contributed by atoms with E-state index >= 15 is 0 Å². The van der Waals surface area contributed by atoms with Crippen LogP contribution in [0, 0.1) is 6.92 Å². The van der Waals surface area contributed by atoms with Crippen LogP contribution in [0.1, 0.15) is 49.7 Å². The van der Waals surface area contributed by atoms with E-state index in [1.807, 2.05) is 0 Å². The molecule has 0 aromatic heterocycles. The van der Waals surface area contributed by atoms with Crippen molar-refractivity contribution in [3.05, 3.63) is 41.1 Å². The van der Waals surface area contributed by atoms with E-state index in [0.29, 0.717) is 0 Å². The number of hydrogen-bond donors (Lipinski definition) is 2. The molecular weight excluding hydrogens is 220 g/mol. The predicted molar refractivity (Wildman–Crippen MR) is 80.1 cm³/mol. The van der Waals surface area contributed by atoms with Gasteiger partial charge in [-0.25, -0.2) is 0 Å². The Morgan fingerprint density at radius 2 is 1.61 bits per heavy atom. The largest absolute Gasteiger partial charge is 0.402 e. The lowest BCUT2D eigenvalue weighted by Gasteiger charge is -2.03. The SMILES string of the molecule is Cc1ccc(C=C(N)CCCCCCCN)cc1. The zero-order valence-corrected chi connectivity index (χ0v) is 11.5. The first-order valence-electron chi connectivity index (χ1n) is 6.95. The van der Waals surface area contributed by atoms with Gasteiger partial charge < -0.3 is 11.5 Å². The molecule has 0 atom stereocenters. The fourth-order valence-corrected chi connectivity index (χ4v) is 1.95. The van der Waals surface area contributed by atoms with Crippen LogP contribution >= 0.6 is 0 Å². The monoisotopic (exact) mass is 246 g/mol. The summed E-state index contributed by atoms with van der Waals surface area (Å²) in [6.45, 7) is 2.91. The lowest BCUT2D eigenvalue weighted by Crippen LogP contribution is -1.98. The molecule has 0 aliphatic carbocycles. The van der Waals surface area contributed by atoms with Gasteiger partial charge in [-0.2, -0.15) is 0 Å². The van der Waals surface area contributed by atoms with Gasteiger partial charge in [0.25, 0.3) is 0 Å². The molecule has 2 nitrogen and oxygen atoms in total. The van der Waals surface area contributed by atoms with Crippen molar-refractivity contribution in [2.45, 2.75) is 45.4 Å². The minimum Gasteiger partial charge on any atom is -0.402 e. The van der Waals surface area contributed by atoms with Gasteiger partial charge in [-0.3, -0.25) is 0 Å². The Morgan fingerprint density at radius 1 is 1.00 bits per heavy atom. The van der Waals surface area contributed by atoms with Gasteiger partial charge in [0, 0.05) is 5.70 Å². The van der Waals surface area contributed by atoms with Crippen molar-refractivity contribution in [3.63, 3.8) is 0 Å². The Bertz CT molecular complexity index is 352. The summed E-state index contributed by atoms with van der Waals surface area (Å²) in [5, 5.41) is 0. The van der Waals surface area contributed by atoms with Crippen molar-refractivity contribution in [3.8, 4) is 0 Å². The normalized spacial score (nSPS) is 11.8. The average Bonchev–Trinajstić information content (AvgIpc) is 2.36. The molecule has 0 saturated heterocycles. The summed E-state index contributed by atoms with van der Waals surface area (Å²) in [4.78, 5) is 0. The van der Waals surface area contributed by atoms with Crippen molar-refractivity contribution in [2.75, 3.05) is 6.54 Å². The minimum absolute atomic E-state index is 0.815. The molecule has 4 N–H and O–H groups in total. The van der Waals surface area contributed by atoms with Crippen molar-refractivity contribution < 1.29 is 0 Å². The number of nitrogens with two attached hydrogens (primary N) is 2. The molecule has 0 amide bonds. The molecule has 0 saturated carbocycles. The van der Waals surface area contributed by atoms with E-state index in [1.165, 1.54) is 36.8 Å². The lowest BCUT2D eigenvalue weighted by molar-refractivity contribution is 0.616. The first-order valence-corrected chi connectivity index (χ1v) is 6.95. The predicted octanol–water partition coefficient (Wildman–Crippen LogP) is 3.59. The molecule has 100 valence electrons. The quantitative estimate of drug-likeness (QED) is 0.689. The van der Waals surface area contributed by atoms with Crippen LogP contribution in [0.4, 0.5) is 0 Å². The van der Waals surface area contributed by atoms with E-state index in [2.05, 4.69) is 37.3 Å². The zero-order valence-electron chi connectivity index (χ0n) is 11.5. The molecule has 18 heavy (non-hydrogen) atoms. The van der Waals surface area contributed by atoms with Crippen molar-refractivity contribution >= 4 is 6.08 Å².